The van der Waals surface area contributed by atoms with Gasteiger partial charge in [0, 0.05) is 10.1 Å². The minimum absolute atomic E-state index is 0.106. The first-order chi connectivity index (χ1) is 16.3. The zero-order valence-corrected chi connectivity index (χ0v) is 20.5. The molecule has 0 radical (unpaired) electrons. The summed E-state index contributed by atoms with van der Waals surface area (Å²) in [6.45, 7) is 1.87. The normalized spacial score (nSPS) is 11.6. The van der Waals surface area contributed by atoms with Gasteiger partial charge in [-0.25, -0.2) is 9.63 Å². The Labute approximate surface area is 205 Å². The molecule has 174 valence electrons. The Hall–Kier alpha value is -3.40. The highest BCUT2D eigenvalue weighted by molar-refractivity contribution is 7.89. The summed E-state index contributed by atoms with van der Waals surface area (Å²) in [6, 6.07) is 18.6. The number of esters is 1. The van der Waals surface area contributed by atoms with Gasteiger partial charge in [-0.2, -0.15) is 13.5 Å². The number of sulfonamides is 1. The molecule has 0 atom stereocenters. The molecule has 0 aliphatic carbocycles. The predicted octanol–water partition coefficient (Wildman–Crippen LogP) is 5.40. The van der Waals surface area contributed by atoms with E-state index in [-0.39, 0.29) is 16.4 Å². The van der Waals surface area contributed by atoms with Crippen molar-refractivity contribution in [2.75, 3.05) is 7.11 Å². The Kier molecular flexibility index (Phi) is 6.87. The molecule has 4 aromatic rings. The summed E-state index contributed by atoms with van der Waals surface area (Å²) in [4.78, 5) is 15.3. The van der Waals surface area contributed by atoms with Gasteiger partial charge in [0.05, 0.1) is 23.2 Å². The molecular formula is C24H19ClN2O5S2. The lowest BCUT2D eigenvalue weighted by Crippen LogP contribution is -2.18. The maximum atomic E-state index is 12.7. The van der Waals surface area contributed by atoms with Gasteiger partial charge in [0.15, 0.2) is 11.5 Å². The van der Waals surface area contributed by atoms with E-state index in [2.05, 4.69) is 9.93 Å². The van der Waals surface area contributed by atoms with E-state index in [1.807, 2.05) is 31.2 Å². The third kappa shape index (κ3) is 5.06. The smallest absolute Gasteiger partial charge is 0.355 e. The van der Waals surface area contributed by atoms with Crippen molar-refractivity contribution in [2.24, 2.45) is 5.10 Å². The van der Waals surface area contributed by atoms with Gasteiger partial charge in [0.1, 0.15) is 4.88 Å². The average molecular weight is 515 g/mol. The summed E-state index contributed by atoms with van der Waals surface area (Å²) in [6.07, 6.45) is 1.32. The number of halogens is 1. The maximum Gasteiger partial charge on any atom is 0.355 e. The van der Waals surface area contributed by atoms with Crippen LogP contribution in [0.25, 0.3) is 10.1 Å². The van der Waals surface area contributed by atoms with Crippen LogP contribution < -0.4 is 14.3 Å². The summed E-state index contributed by atoms with van der Waals surface area (Å²) >= 11 is 7.61. The van der Waals surface area contributed by atoms with E-state index in [9.17, 15) is 13.2 Å². The topological polar surface area (TPSA) is 94.1 Å². The number of carbonyl (C=O) groups excluding carboxylic acids is 1. The molecule has 0 aliphatic heterocycles. The standard InChI is InChI=1S/C24H19ClN2O5S2/c1-15-7-10-17(11-8-15)34(29,30)27-26-14-16-9-12-19(20(13-16)31-2)32-24(28)23-22(25)18-5-3-4-6-21(18)33-23/h3-14,27H,1-2H3/b26-14-. The number of thiophene rings is 1. The van der Waals surface area contributed by atoms with Gasteiger partial charge in [0.25, 0.3) is 10.0 Å². The Balaban J connectivity index is 1.49. The summed E-state index contributed by atoms with van der Waals surface area (Å²) in [5.74, 6) is -0.133. The number of ether oxygens (including phenoxy) is 2. The highest BCUT2D eigenvalue weighted by Gasteiger charge is 2.20. The highest BCUT2D eigenvalue weighted by atomic mass is 35.5. The number of rotatable bonds is 7. The van der Waals surface area contributed by atoms with E-state index in [1.165, 1.54) is 42.9 Å². The van der Waals surface area contributed by atoms with Crippen molar-refractivity contribution in [3.8, 4) is 11.5 Å². The van der Waals surface area contributed by atoms with Crippen molar-refractivity contribution in [3.63, 3.8) is 0 Å². The van der Waals surface area contributed by atoms with Gasteiger partial charge in [-0.15, -0.1) is 11.3 Å². The number of fused-ring (bicyclic) bond motifs is 1. The number of methoxy groups -OCH3 is 1. The Bertz CT molecular complexity index is 1500. The Morgan fingerprint density at radius 3 is 2.50 bits per heavy atom. The number of benzene rings is 3. The van der Waals surface area contributed by atoms with Crippen LogP contribution in [0.4, 0.5) is 0 Å². The van der Waals surface area contributed by atoms with Crippen molar-refractivity contribution >= 4 is 55.2 Å². The second kappa shape index (κ2) is 9.84. The molecule has 4 rings (SSSR count). The van der Waals surface area contributed by atoms with Crippen molar-refractivity contribution < 1.29 is 22.7 Å². The van der Waals surface area contributed by atoms with Crippen molar-refractivity contribution in [2.45, 2.75) is 11.8 Å². The number of nitrogens with zero attached hydrogens (tertiary/aromatic N) is 1. The fourth-order valence-corrected chi connectivity index (χ4v) is 5.26. The number of hydrazone groups is 1. The molecule has 3 aromatic carbocycles. The van der Waals surface area contributed by atoms with Gasteiger partial charge in [-0.3, -0.25) is 0 Å². The quantitative estimate of drug-likeness (QED) is 0.154. The molecule has 0 fully saturated rings. The monoisotopic (exact) mass is 514 g/mol. The molecule has 1 aromatic heterocycles. The van der Waals surface area contributed by atoms with Crippen LogP contribution in [0.1, 0.15) is 20.8 Å². The largest absolute Gasteiger partial charge is 0.493 e. The van der Waals surface area contributed by atoms with Crippen LogP contribution in [0.3, 0.4) is 0 Å². The van der Waals surface area contributed by atoms with Gasteiger partial charge in [-0.05, 0) is 48.9 Å². The molecule has 0 amide bonds. The van der Waals surface area contributed by atoms with Crippen LogP contribution in [-0.4, -0.2) is 27.7 Å². The van der Waals surface area contributed by atoms with E-state index in [1.54, 1.807) is 24.3 Å². The van der Waals surface area contributed by atoms with Crippen molar-refractivity contribution in [1.29, 1.82) is 0 Å². The van der Waals surface area contributed by atoms with Crippen LogP contribution in [0.5, 0.6) is 11.5 Å². The molecule has 1 heterocycles. The van der Waals surface area contributed by atoms with Crippen LogP contribution in [-0.2, 0) is 10.0 Å². The molecule has 0 unspecified atom stereocenters. The minimum atomic E-state index is -3.79. The Morgan fingerprint density at radius 1 is 1.06 bits per heavy atom. The van der Waals surface area contributed by atoms with Crippen molar-refractivity contribution in [1.82, 2.24) is 4.83 Å². The number of carbonyl (C=O) groups is 1. The number of hydrogen-bond donors (Lipinski definition) is 1. The van der Waals surface area contributed by atoms with Crippen LogP contribution in [0.2, 0.25) is 5.02 Å². The molecule has 34 heavy (non-hydrogen) atoms. The first-order valence-corrected chi connectivity index (χ1v) is 12.6. The lowest BCUT2D eigenvalue weighted by atomic mass is 10.2. The van der Waals surface area contributed by atoms with Crippen LogP contribution in [0.15, 0.2) is 76.7 Å². The van der Waals surface area contributed by atoms with Crippen LogP contribution in [0, 0.1) is 6.92 Å². The average Bonchev–Trinajstić information content (AvgIpc) is 3.17. The molecule has 0 spiro atoms. The zero-order chi connectivity index (χ0) is 24.3. The molecule has 1 N–H and O–H groups in total. The second-order valence-electron chi connectivity index (χ2n) is 7.21. The molecular weight excluding hydrogens is 496 g/mol. The third-order valence-corrected chi connectivity index (χ3v) is 7.72. The van der Waals surface area contributed by atoms with E-state index in [0.717, 1.165) is 15.6 Å². The summed E-state index contributed by atoms with van der Waals surface area (Å²) in [5, 5.41) is 4.95. The molecule has 7 nitrogen and oxygen atoms in total. The zero-order valence-electron chi connectivity index (χ0n) is 18.1. The molecule has 0 aliphatic rings. The van der Waals surface area contributed by atoms with Gasteiger partial charge in [-0.1, -0.05) is 47.5 Å². The molecule has 0 saturated heterocycles. The van der Waals surface area contributed by atoms with Gasteiger partial charge in [0.2, 0.25) is 0 Å². The number of hydrogen-bond acceptors (Lipinski definition) is 7. The summed E-state index contributed by atoms with van der Waals surface area (Å²) in [7, 11) is -2.36. The summed E-state index contributed by atoms with van der Waals surface area (Å²) < 4.78 is 36.4. The maximum absolute atomic E-state index is 12.7. The van der Waals surface area contributed by atoms with Crippen LogP contribution >= 0.6 is 22.9 Å². The SMILES string of the molecule is COc1cc(/C=N\NS(=O)(=O)c2ccc(C)cc2)ccc1OC(=O)c1sc2ccccc2c1Cl. The summed E-state index contributed by atoms with van der Waals surface area (Å²) in [5.41, 5.74) is 1.48. The fourth-order valence-electron chi connectivity index (χ4n) is 3.08. The third-order valence-electron chi connectivity index (χ3n) is 4.83. The molecule has 0 bridgehead atoms. The number of nitrogens with one attached hydrogen (secondary N) is 1. The van der Waals surface area contributed by atoms with Gasteiger partial charge < -0.3 is 9.47 Å². The van der Waals surface area contributed by atoms with E-state index < -0.39 is 16.0 Å². The number of aryl methyl sites for hydroxylation is 1. The molecule has 0 saturated carbocycles. The molecule has 10 heteroatoms. The first kappa shape index (κ1) is 23.7. The predicted molar refractivity (Wildman–Crippen MR) is 134 cm³/mol. The fraction of sp³-hybridized carbons (Fsp3) is 0.0833. The van der Waals surface area contributed by atoms with Gasteiger partial charge >= 0.3 is 5.97 Å². The Morgan fingerprint density at radius 2 is 1.79 bits per heavy atom. The lowest BCUT2D eigenvalue weighted by molar-refractivity contribution is 0.0735. The minimum Gasteiger partial charge on any atom is -0.493 e. The van der Waals surface area contributed by atoms with E-state index >= 15 is 0 Å². The second-order valence-corrected chi connectivity index (χ2v) is 10.3. The van der Waals surface area contributed by atoms with Crippen molar-refractivity contribution in [3.05, 3.63) is 87.8 Å². The highest BCUT2D eigenvalue weighted by Crippen LogP contribution is 2.37. The van der Waals surface area contributed by atoms with E-state index in [4.69, 9.17) is 21.1 Å². The van der Waals surface area contributed by atoms with E-state index in [0.29, 0.717) is 15.5 Å². The first-order valence-electron chi connectivity index (χ1n) is 9.97. The lowest BCUT2D eigenvalue weighted by Gasteiger charge is -2.09.